The number of nitrogens with zero attached hydrogens (tertiary/aromatic N) is 1. The maximum Gasteiger partial charge on any atom is 0.170 e. The van der Waals surface area contributed by atoms with Gasteiger partial charge in [0.05, 0.1) is 10.7 Å². The van der Waals surface area contributed by atoms with Gasteiger partial charge < -0.3 is 16.3 Å². The van der Waals surface area contributed by atoms with Gasteiger partial charge in [-0.25, -0.2) is 0 Å². The van der Waals surface area contributed by atoms with Crippen molar-refractivity contribution in [1.29, 1.82) is 0 Å². The highest BCUT2D eigenvalue weighted by atomic mass is 35.5. The summed E-state index contributed by atoms with van der Waals surface area (Å²) in [6, 6.07) is 12.6. The Labute approximate surface area is 126 Å². The summed E-state index contributed by atoms with van der Waals surface area (Å²) in [5, 5.41) is 16.1. The second kappa shape index (κ2) is 6.50. The maximum absolute atomic E-state index is 8.67. The molecular formula is C14H13Cl2N3O. The summed E-state index contributed by atoms with van der Waals surface area (Å²) in [6.45, 7) is 0.548. The van der Waals surface area contributed by atoms with E-state index in [9.17, 15) is 0 Å². The molecule has 0 heterocycles. The number of nitrogens with one attached hydrogen (secondary N) is 1. The topological polar surface area (TPSA) is 70.6 Å². The zero-order valence-electron chi connectivity index (χ0n) is 10.5. The number of nitrogens with two attached hydrogens (primary N) is 1. The average Bonchev–Trinajstić information content (AvgIpc) is 2.47. The summed E-state index contributed by atoms with van der Waals surface area (Å²) in [4.78, 5) is 0. The van der Waals surface area contributed by atoms with Gasteiger partial charge in [0, 0.05) is 17.1 Å². The van der Waals surface area contributed by atoms with Crippen LogP contribution in [-0.4, -0.2) is 11.0 Å². The number of rotatable bonds is 4. The van der Waals surface area contributed by atoms with Crippen molar-refractivity contribution in [3.63, 3.8) is 0 Å². The van der Waals surface area contributed by atoms with E-state index in [-0.39, 0.29) is 5.84 Å². The Morgan fingerprint density at radius 2 is 2.00 bits per heavy atom. The number of hydrogen-bond donors (Lipinski definition) is 3. The first-order valence-corrected chi connectivity index (χ1v) is 6.61. The third kappa shape index (κ3) is 3.56. The lowest BCUT2D eigenvalue weighted by molar-refractivity contribution is 0.318. The minimum atomic E-state index is 0.0765. The highest BCUT2D eigenvalue weighted by molar-refractivity contribution is 6.35. The Bertz CT molecular complexity index is 644. The molecule has 0 aromatic heterocycles. The van der Waals surface area contributed by atoms with E-state index in [2.05, 4.69) is 10.5 Å². The summed E-state index contributed by atoms with van der Waals surface area (Å²) in [5.74, 6) is 0.0765. The quantitative estimate of drug-likeness (QED) is 0.349. The van der Waals surface area contributed by atoms with Crippen LogP contribution in [0.1, 0.15) is 11.1 Å². The third-order valence-corrected chi connectivity index (χ3v) is 3.31. The van der Waals surface area contributed by atoms with Crippen molar-refractivity contribution in [2.75, 3.05) is 5.32 Å². The van der Waals surface area contributed by atoms with Crippen molar-refractivity contribution in [2.45, 2.75) is 6.54 Å². The molecule has 2 rings (SSSR count). The molecule has 0 spiro atoms. The number of amidine groups is 1. The Kier molecular flexibility index (Phi) is 4.71. The van der Waals surface area contributed by atoms with Gasteiger partial charge in [-0.1, -0.05) is 46.6 Å². The van der Waals surface area contributed by atoms with E-state index in [1.165, 1.54) is 0 Å². The van der Waals surface area contributed by atoms with E-state index in [0.717, 1.165) is 11.3 Å². The van der Waals surface area contributed by atoms with Gasteiger partial charge >= 0.3 is 0 Å². The van der Waals surface area contributed by atoms with Gasteiger partial charge in [0.2, 0.25) is 0 Å². The van der Waals surface area contributed by atoms with Crippen LogP contribution in [0.25, 0.3) is 0 Å². The zero-order valence-corrected chi connectivity index (χ0v) is 12.0. The van der Waals surface area contributed by atoms with Gasteiger partial charge in [-0.3, -0.25) is 0 Å². The molecule has 4 nitrogen and oxygen atoms in total. The molecule has 0 amide bonds. The fourth-order valence-electron chi connectivity index (χ4n) is 1.73. The monoisotopic (exact) mass is 309 g/mol. The Balaban J connectivity index is 2.13. The van der Waals surface area contributed by atoms with Crippen LogP contribution in [0, 0.1) is 0 Å². The molecule has 0 bridgehead atoms. The molecular weight excluding hydrogens is 297 g/mol. The van der Waals surface area contributed by atoms with Gasteiger partial charge in [-0.2, -0.15) is 0 Å². The van der Waals surface area contributed by atoms with Crippen molar-refractivity contribution in [1.82, 2.24) is 0 Å². The molecule has 20 heavy (non-hydrogen) atoms. The van der Waals surface area contributed by atoms with Crippen LogP contribution in [0.2, 0.25) is 10.0 Å². The van der Waals surface area contributed by atoms with Gasteiger partial charge in [-0.05, 0) is 29.8 Å². The molecule has 4 N–H and O–H groups in total. The predicted octanol–water partition coefficient (Wildman–Crippen LogP) is 3.70. The number of anilines is 1. The summed E-state index contributed by atoms with van der Waals surface area (Å²) in [7, 11) is 0. The standard InChI is InChI=1S/C14H13Cl2N3O/c15-11-4-5-12(16)13(7-11)18-8-9-2-1-3-10(6-9)14(17)19-20/h1-7,18,20H,8H2,(H2,17,19). The molecule has 6 heteroatoms. The summed E-state index contributed by atoms with van der Waals surface area (Å²) < 4.78 is 0. The molecule has 0 aliphatic heterocycles. The minimum absolute atomic E-state index is 0.0765. The molecule has 104 valence electrons. The first kappa shape index (κ1) is 14.5. The van der Waals surface area contributed by atoms with Crippen LogP contribution in [0.5, 0.6) is 0 Å². The van der Waals surface area contributed by atoms with Crippen LogP contribution >= 0.6 is 23.2 Å². The SMILES string of the molecule is NC(=NO)c1cccc(CNc2cc(Cl)ccc2Cl)c1. The molecule has 0 fully saturated rings. The van der Waals surface area contributed by atoms with Crippen LogP contribution < -0.4 is 11.1 Å². The molecule has 2 aromatic carbocycles. The molecule has 0 saturated heterocycles. The zero-order chi connectivity index (χ0) is 14.5. The lowest BCUT2D eigenvalue weighted by atomic mass is 10.1. The number of benzene rings is 2. The summed E-state index contributed by atoms with van der Waals surface area (Å²) >= 11 is 12.0. The first-order valence-electron chi connectivity index (χ1n) is 5.86. The fraction of sp³-hybridized carbons (Fsp3) is 0.0714. The number of oxime groups is 1. The van der Waals surface area contributed by atoms with Crippen molar-refractivity contribution < 1.29 is 5.21 Å². The van der Waals surface area contributed by atoms with Gasteiger partial charge in [0.25, 0.3) is 0 Å². The summed E-state index contributed by atoms with van der Waals surface area (Å²) in [5.41, 5.74) is 7.95. The van der Waals surface area contributed by atoms with Crippen molar-refractivity contribution in [3.8, 4) is 0 Å². The van der Waals surface area contributed by atoms with Gasteiger partial charge in [-0.15, -0.1) is 0 Å². The first-order chi connectivity index (χ1) is 9.60. The molecule has 0 saturated carbocycles. The van der Waals surface area contributed by atoms with Crippen molar-refractivity contribution >= 4 is 34.7 Å². The highest BCUT2D eigenvalue weighted by Crippen LogP contribution is 2.25. The Morgan fingerprint density at radius 1 is 1.20 bits per heavy atom. The predicted molar refractivity (Wildman–Crippen MR) is 82.7 cm³/mol. The van der Waals surface area contributed by atoms with Crippen LogP contribution in [0.4, 0.5) is 5.69 Å². The van der Waals surface area contributed by atoms with E-state index in [4.69, 9.17) is 34.1 Å². The number of halogens is 2. The lowest BCUT2D eigenvalue weighted by Gasteiger charge is -2.10. The molecule has 0 atom stereocenters. The van der Waals surface area contributed by atoms with E-state index in [0.29, 0.717) is 22.2 Å². The Morgan fingerprint density at radius 3 is 2.75 bits per heavy atom. The maximum atomic E-state index is 8.67. The number of hydrogen-bond acceptors (Lipinski definition) is 3. The van der Waals surface area contributed by atoms with Gasteiger partial charge in [0.1, 0.15) is 0 Å². The van der Waals surface area contributed by atoms with Crippen molar-refractivity contribution in [2.24, 2.45) is 10.9 Å². The minimum Gasteiger partial charge on any atom is -0.409 e. The highest BCUT2D eigenvalue weighted by Gasteiger charge is 2.03. The lowest BCUT2D eigenvalue weighted by Crippen LogP contribution is -2.13. The van der Waals surface area contributed by atoms with Crippen LogP contribution in [0.3, 0.4) is 0 Å². The molecule has 0 unspecified atom stereocenters. The molecule has 2 aromatic rings. The van der Waals surface area contributed by atoms with Gasteiger partial charge in [0.15, 0.2) is 5.84 Å². The molecule has 0 aliphatic carbocycles. The van der Waals surface area contributed by atoms with E-state index >= 15 is 0 Å². The van der Waals surface area contributed by atoms with E-state index in [1.54, 1.807) is 24.3 Å². The molecule has 0 aliphatic rings. The third-order valence-electron chi connectivity index (χ3n) is 2.74. The molecule has 0 radical (unpaired) electrons. The second-order valence-electron chi connectivity index (χ2n) is 4.16. The largest absolute Gasteiger partial charge is 0.409 e. The normalized spacial score (nSPS) is 11.4. The second-order valence-corrected chi connectivity index (χ2v) is 5.01. The Hall–Kier alpha value is -1.91. The smallest absolute Gasteiger partial charge is 0.170 e. The summed E-state index contributed by atoms with van der Waals surface area (Å²) in [6.07, 6.45) is 0. The van der Waals surface area contributed by atoms with E-state index in [1.807, 2.05) is 18.2 Å². The van der Waals surface area contributed by atoms with Crippen molar-refractivity contribution in [3.05, 3.63) is 63.6 Å². The van der Waals surface area contributed by atoms with E-state index < -0.39 is 0 Å². The van der Waals surface area contributed by atoms with Crippen LogP contribution in [-0.2, 0) is 6.54 Å². The average molecular weight is 310 g/mol. The van der Waals surface area contributed by atoms with Crippen LogP contribution in [0.15, 0.2) is 47.6 Å². The fourth-order valence-corrected chi connectivity index (χ4v) is 2.09.